The van der Waals surface area contributed by atoms with Gasteiger partial charge < -0.3 is 15.7 Å². The number of hydrogen-bond acceptors (Lipinski definition) is 3. The summed E-state index contributed by atoms with van der Waals surface area (Å²) in [5, 5.41) is 9.14. The molecule has 0 radical (unpaired) electrons. The summed E-state index contributed by atoms with van der Waals surface area (Å²) in [5.74, 6) is 0. The Morgan fingerprint density at radius 1 is 1.29 bits per heavy atom. The van der Waals surface area contributed by atoms with Crippen LogP contribution in [0.5, 0.6) is 0 Å². The number of nitrogens with two attached hydrogens (primary N) is 1. The second kappa shape index (κ2) is 7.30. The zero-order valence-corrected chi connectivity index (χ0v) is 10.9. The van der Waals surface area contributed by atoms with Gasteiger partial charge in [-0.25, -0.2) is 0 Å². The Balaban J connectivity index is 2.91. The number of hydrogen-bond donors (Lipinski definition) is 2. The SMILES string of the molecule is CCCCN(CCO)c1ccc(C)cc1CN. The van der Waals surface area contributed by atoms with E-state index in [1.807, 2.05) is 0 Å². The van der Waals surface area contributed by atoms with Gasteiger partial charge >= 0.3 is 0 Å². The van der Waals surface area contributed by atoms with Gasteiger partial charge in [0.05, 0.1) is 6.61 Å². The smallest absolute Gasteiger partial charge is 0.0606 e. The third kappa shape index (κ3) is 4.02. The van der Waals surface area contributed by atoms with Crippen LogP contribution in [0.25, 0.3) is 0 Å². The first-order valence-electron chi connectivity index (χ1n) is 6.38. The molecular formula is C14H24N2O. The Labute approximate surface area is 104 Å². The van der Waals surface area contributed by atoms with Crippen molar-refractivity contribution in [2.45, 2.75) is 33.2 Å². The van der Waals surface area contributed by atoms with Crippen LogP contribution in [0.1, 0.15) is 30.9 Å². The summed E-state index contributed by atoms with van der Waals surface area (Å²) >= 11 is 0. The van der Waals surface area contributed by atoms with Gasteiger partial charge in [-0.1, -0.05) is 31.0 Å². The fourth-order valence-electron chi connectivity index (χ4n) is 2.01. The predicted octanol–water partition coefficient (Wildman–Crippen LogP) is 2.05. The molecule has 0 aliphatic rings. The fourth-order valence-corrected chi connectivity index (χ4v) is 2.01. The van der Waals surface area contributed by atoms with Gasteiger partial charge in [-0.15, -0.1) is 0 Å². The van der Waals surface area contributed by atoms with E-state index in [-0.39, 0.29) is 6.61 Å². The summed E-state index contributed by atoms with van der Waals surface area (Å²) in [4.78, 5) is 2.23. The lowest BCUT2D eigenvalue weighted by molar-refractivity contribution is 0.301. The largest absolute Gasteiger partial charge is 0.395 e. The number of benzene rings is 1. The molecule has 3 heteroatoms. The van der Waals surface area contributed by atoms with Crippen LogP contribution in [0, 0.1) is 6.92 Å². The van der Waals surface area contributed by atoms with E-state index < -0.39 is 0 Å². The van der Waals surface area contributed by atoms with Crippen LogP contribution in [0.15, 0.2) is 18.2 Å². The highest BCUT2D eigenvalue weighted by Gasteiger charge is 2.09. The Kier molecular flexibility index (Phi) is 6.01. The van der Waals surface area contributed by atoms with Gasteiger partial charge in [-0.05, 0) is 25.0 Å². The number of aliphatic hydroxyl groups excluding tert-OH is 1. The molecule has 0 bridgehead atoms. The first kappa shape index (κ1) is 14.0. The lowest BCUT2D eigenvalue weighted by atomic mass is 10.1. The van der Waals surface area contributed by atoms with E-state index in [4.69, 9.17) is 10.8 Å². The quantitative estimate of drug-likeness (QED) is 0.762. The topological polar surface area (TPSA) is 49.5 Å². The van der Waals surface area contributed by atoms with Crippen molar-refractivity contribution in [2.24, 2.45) is 5.73 Å². The van der Waals surface area contributed by atoms with Crippen molar-refractivity contribution in [2.75, 3.05) is 24.6 Å². The van der Waals surface area contributed by atoms with Crippen molar-refractivity contribution in [1.29, 1.82) is 0 Å². The van der Waals surface area contributed by atoms with Crippen LogP contribution >= 0.6 is 0 Å². The zero-order chi connectivity index (χ0) is 12.7. The molecular weight excluding hydrogens is 212 g/mol. The Bertz CT molecular complexity index is 339. The van der Waals surface area contributed by atoms with Crippen LogP contribution in [-0.2, 0) is 6.54 Å². The summed E-state index contributed by atoms with van der Waals surface area (Å²) in [6.07, 6.45) is 2.30. The second-order valence-corrected chi connectivity index (χ2v) is 4.40. The van der Waals surface area contributed by atoms with E-state index in [2.05, 4.69) is 36.9 Å². The van der Waals surface area contributed by atoms with Crippen LogP contribution in [0.4, 0.5) is 5.69 Å². The zero-order valence-electron chi connectivity index (χ0n) is 10.9. The lowest BCUT2D eigenvalue weighted by Crippen LogP contribution is -2.29. The van der Waals surface area contributed by atoms with Gasteiger partial charge in [0.15, 0.2) is 0 Å². The molecule has 1 rings (SSSR count). The maximum absolute atomic E-state index is 9.14. The maximum atomic E-state index is 9.14. The third-order valence-electron chi connectivity index (χ3n) is 2.95. The molecule has 17 heavy (non-hydrogen) atoms. The van der Waals surface area contributed by atoms with E-state index in [1.54, 1.807) is 0 Å². The maximum Gasteiger partial charge on any atom is 0.0606 e. The van der Waals surface area contributed by atoms with Gasteiger partial charge in [-0.2, -0.15) is 0 Å². The lowest BCUT2D eigenvalue weighted by Gasteiger charge is -2.26. The van der Waals surface area contributed by atoms with Crippen molar-refractivity contribution in [3.05, 3.63) is 29.3 Å². The standard InChI is InChI=1S/C14H24N2O/c1-3-4-7-16(8-9-17)14-6-5-12(2)10-13(14)11-15/h5-6,10,17H,3-4,7-9,11,15H2,1-2H3. The summed E-state index contributed by atoms with van der Waals surface area (Å²) in [6, 6.07) is 6.35. The number of aliphatic hydroxyl groups is 1. The average molecular weight is 236 g/mol. The molecule has 0 aromatic heterocycles. The Hall–Kier alpha value is -1.06. The summed E-state index contributed by atoms with van der Waals surface area (Å²) in [5.41, 5.74) is 9.35. The predicted molar refractivity (Wildman–Crippen MR) is 73.3 cm³/mol. The van der Waals surface area contributed by atoms with Crippen molar-refractivity contribution in [3.63, 3.8) is 0 Å². The molecule has 3 nitrogen and oxygen atoms in total. The number of rotatable bonds is 7. The first-order chi connectivity index (χ1) is 8.22. The molecule has 0 unspecified atom stereocenters. The van der Waals surface area contributed by atoms with Crippen LogP contribution < -0.4 is 10.6 Å². The molecule has 0 fully saturated rings. The summed E-state index contributed by atoms with van der Waals surface area (Å²) in [7, 11) is 0. The number of unbranched alkanes of at least 4 members (excludes halogenated alkanes) is 1. The van der Waals surface area contributed by atoms with Crippen LogP contribution in [0.2, 0.25) is 0 Å². The Morgan fingerprint density at radius 3 is 2.65 bits per heavy atom. The molecule has 3 N–H and O–H groups in total. The molecule has 0 amide bonds. The van der Waals surface area contributed by atoms with Gasteiger partial charge in [-0.3, -0.25) is 0 Å². The molecule has 96 valence electrons. The highest BCUT2D eigenvalue weighted by molar-refractivity contribution is 5.55. The molecule has 0 aliphatic heterocycles. The van der Waals surface area contributed by atoms with E-state index in [0.29, 0.717) is 13.1 Å². The van der Waals surface area contributed by atoms with E-state index in [9.17, 15) is 0 Å². The van der Waals surface area contributed by atoms with E-state index in [0.717, 1.165) is 24.9 Å². The molecule has 1 aromatic carbocycles. The van der Waals surface area contributed by atoms with Crippen molar-refractivity contribution in [1.82, 2.24) is 0 Å². The summed E-state index contributed by atoms with van der Waals surface area (Å²) in [6.45, 7) is 6.64. The van der Waals surface area contributed by atoms with E-state index in [1.165, 1.54) is 11.3 Å². The van der Waals surface area contributed by atoms with Crippen molar-refractivity contribution >= 4 is 5.69 Å². The van der Waals surface area contributed by atoms with Crippen molar-refractivity contribution in [3.8, 4) is 0 Å². The third-order valence-corrected chi connectivity index (χ3v) is 2.95. The molecule has 0 saturated heterocycles. The van der Waals surface area contributed by atoms with Crippen LogP contribution in [-0.4, -0.2) is 24.8 Å². The Morgan fingerprint density at radius 2 is 2.06 bits per heavy atom. The minimum absolute atomic E-state index is 0.182. The monoisotopic (exact) mass is 236 g/mol. The molecule has 0 saturated carbocycles. The number of nitrogens with zero attached hydrogens (tertiary/aromatic N) is 1. The first-order valence-corrected chi connectivity index (χ1v) is 6.38. The highest BCUT2D eigenvalue weighted by atomic mass is 16.3. The average Bonchev–Trinajstić information content (AvgIpc) is 2.34. The number of anilines is 1. The molecule has 0 atom stereocenters. The number of aryl methyl sites for hydroxylation is 1. The van der Waals surface area contributed by atoms with Crippen LogP contribution in [0.3, 0.4) is 0 Å². The van der Waals surface area contributed by atoms with Gasteiger partial charge in [0.2, 0.25) is 0 Å². The normalized spacial score (nSPS) is 10.6. The molecule has 0 heterocycles. The minimum Gasteiger partial charge on any atom is -0.395 e. The minimum atomic E-state index is 0.182. The fraction of sp³-hybridized carbons (Fsp3) is 0.571. The van der Waals surface area contributed by atoms with Gasteiger partial charge in [0, 0.05) is 25.3 Å². The van der Waals surface area contributed by atoms with Gasteiger partial charge in [0.1, 0.15) is 0 Å². The second-order valence-electron chi connectivity index (χ2n) is 4.40. The molecule has 0 aliphatic carbocycles. The highest BCUT2D eigenvalue weighted by Crippen LogP contribution is 2.22. The van der Waals surface area contributed by atoms with Crippen molar-refractivity contribution < 1.29 is 5.11 Å². The molecule has 0 spiro atoms. The van der Waals surface area contributed by atoms with Gasteiger partial charge in [0.25, 0.3) is 0 Å². The van der Waals surface area contributed by atoms with E-state index >= 15 is 0 Å². The summed E-state index contributed by atoms with van der Waals surface area (Å²) < 4.78 is 0. The molecule has 1 aromatic rings.